The summed E-state index contributed by atoms with van der Waals surface area (Å²) in [6, 6.07) is 8.25. The maximum Gasteiger partial charge on any atom is 0.220 e. The van der Waals surface area contributed by atoms with Crippen molar-refractivity contribution >= 4 is 5.91 Å². The van der Waals surface area contributed by atoms with Gasteiger partial charge in [-0.1, -0.05) is 29.8 Å². The zero-order chi connectivity index (χ0) is 12.5. The number of rotatable bonds is 6. The van der Waals surface area contributed by atoms with Crippen LogP contribution in [0.15, 0.2) is 24.3 Å². The van der Waals surface area contributed by atoms with Crippen LogP contribution in [0.3, 0.4) is 0 Å². The van der Waals surface area contributed by atoms with Gasteiger partial charge in [-0.3, -0.25) is 4.79 Å². The lowest BCUT2D eigenvalue weighted by Crippen LogP contribution is -2.24. The number of benzene rings is 1. The third kappa shape index (κ3) is 5.77. The third-order valence-corrected chi connectivity index (χ3v) is 2.54. The molecule has 1 aromatic carbocycles. The van der Waals surface area contributed by atoms with E-state index in [0.717, 1.165) is 19.3 Å². The van der Waals surface area contributed by atoms with Gasteiger partial charge in [0, 0.05) is 19.4 Å². The first-order valence-electron chi connectivity index (χ1n) is 5.98. The van der Waals surface area contributed by atoms with E-state index in [1.54, 1.807) is 0 Å². The Morgan fingerprint density at radius 1 is 1.47 bits per heavy atom. The van der Waals surface area contributed by atoms with Crippen molar-refractivity contribution in [2.75, 3.05) is 6.54 Å². The van der Waals surface area contributed by atoms with E-state index in [1.165, 1.54) is 11.1 Å². The number of amides is 1. The number of nitrogens with one attached hydrogen (secondary N) is 1. The van der Waals surface area contributed by atoms with E-state index in [4.69, 9.17) is 6.42 Å². The molecule has 0 bridgehead atoms. The molecule has 0 aliphatic rings. The van der Waals surface area contributed by atoms with Crippen LogP contribution in [-0.2, 0) is 11.2 Å². The lowest BCUT2D eigenvalue weighted by Gasteiger charge is -2.04. The highest BCUT2D eigenvalue weighted by atomic mass is 16.1. The van der Waals surface area contributed by atoms with Crippen LogP contribution in [0.4, 0.5) is 0 Å². The molecule has 0 aliphatic heterocycles. The van der Waals surface area contributed by atoms with Crippen molar-refractivity contribution in [3.05, 3.63) is 35.4 Å². The van der Waals surface area contributed by atoms with Crippen LogP contribution < -0.4 is 5.32 Å². The molecule has 0 fully saturated rings. The van der Waals surface area contributed by atoms with Gasteiger partial charge in [0.05, 0.1) is 0 Å². The van der Waals surface area contributed by atoms with Gasteiger partial charge in [-0.25, -0.2) is 0 Å². The van der Waals surface area contributed by atoms with Crippen molar-refractivity contribution in [2.45, 2.75) is 32.6 Å². The normalized spacial score (nSPS) is 9.65. The first-order valence-corrected chi connectivity index (χ1v) is 5.98. The summed E-state index contributed by atoms with van der Waals surface area (Å²) >= 11 is 0. The molecule has 0 aliphatic carbocycles. The zero-order valence-corrected chi connectivity index (χ0v) is 10.3. The Balaban J connectivity index is 2.22. The van der Waals surface area contributed by atoms with Gasteiger partial charge in [0.25, 0.3) is 0 Å². The van der Waals surface area contributed by atoms with Crippen LogP contribution in [0.2, 0.25) is 0 Å². The SMILES string of the molecule is C#CCCCNC(=O)CCc1cccc(C)c1. The van der Waals surface area contributed by atoms with E-state index >= 15 is 0 Å². The fourth-order valence-corrected chi connectivity index (χ4v) is 1.63. The molecule has 0 spiro atoms. The molecular weight excluding hydrogens is 210 g/mol. The Morgan fingerprint density at radius 3 is 3.00 bits per heavy atom. The van der Waals surface area contributed by atoms with E-state index in [-0.39, 0.29) is 5.91 Å². The maximum absolute atomic E-state index is 11.5. The first kappa shape index (κ1) is 13.3. The average molecular weight is 229 g/mol. The van der Waals surface area contributed by atoms with Gasteiger partial charge >= 0.3 is 0 Å². The summed E-state index contributed by atoms with van der Waals surface area (Å²) in [4.78, 5) is 11.5. The van der Waals surface area contributed by atoms with Crippen molar-refractivity contribution in [2.24, 2.45) is 0 Å². The molecular formula is C15H19NO. The molecule has 2 nitrogen and oxygen atoms in total. The number of hydrogen-bond acceptors (Lipinski definition) is 1. The van der Waals surface area contributed by atoms with E-state index < -0.39 is 0 Å². The highest BCUT2D eigenvalue weighted by Crippen LogP contribution is 2.06. The van der Waals surface area contributed by atoms with Crippen LogP contribution in [0.1, 0.15) is 30.4 Å². The molecule has 0 heterocycles. The molecule has 1 rings (SSSR count). The van der Waals surface area contributed by atoms with Gasteiger partial charge < -0.3 is 5.32 Å². The molecule has 1 N–H and O–H groups in total. The molecule has 0 saturated heterocycles. The molecule has 17 heavy (non-hydrogen) atoms. The first-order chi connectivity index (χ1) is 8.22. The summed E-state index contributed by atoms with van der Waals surface area (Å²) in [5.41, 5.74) is 2.45. The Hall–Kier alpha value is -1.75. The van der Waals surface area contributed by atoms with E-state index in [2.05, 4.69) is 36.4 Å². The van der Waals surface area contributed by atoms with Gasteiger partial charge in [0.2, 0.25) is 5.91 Å². The van der Waals surface area contributed by atoms with Crippen molar-refractivity contribution in [3.8, 4) is 12.3 Å². The Morgan fingerprint density at radius 2 is 2.29 bits per heavy atom. The van der Waals surface area contributed by atoms with E-state index in [0.29, 0.717) is 13.0 Å². The lowest BCUT2D eigenvalue weighted by atomic mass is 10.1. The molecule has 0 saturated carbocycles. The summed E-state index contributed by atoms with van der Waals surface area (Å²) in [7, 11) is 0. The van der Waals surface area contributed by atoms with E-state index in [1.807, 2.05) is 6.07 Å². The molecule has 90 valence electrons. The summed E-state index contributed by atoms with van der Waals surface area (Å²) in [6.45, 7) is 2.74. The Labute approximate surface area is 103 Å². The van der Waals surface area contributed by atoms with Gasteiger partial charge in [-0.15, -0.1) is 12.3 Å². The number of carbonyl (C=O) groups is 1. The van der Waals surface area contributed by atoms with Gasteiger partial charge in [-0.2, -0.15) is 0 Å². The minimum Gasteiger partial charge on any atom is -0.356 e. The Bertz CT molecular complexity index is 404. The largest absolute Gasteiger partial charge is 0.356 e. The molecule has 0 aromatic heterocycles. The monoisotopic (exact) mass is 229 g/mol. The molecule has 0 radical (unpaired) electrons. The minimum absolute atomic E-state index is 0.100. The summed E-state index contributed by atoms with van der Waals surface area (Å²) in [6.07, 6.45) is 8.04. The zero-order valence-electron chi connectivity index (χ0n) is 10.3. The second-order valence-electron chi connectivity index (χ2n) is 4.15. The van der Waals surface area contributed by atoms with Crippen LogP contribution in [0.5, 0.6) is 0 Å². The fourth-order valence-electron chi connectivity index (χ4n) is 1.63. The Kier molecular flexibility index (Phi) is 5.88. The van der Waals surface area contributed by atoms with Crippen molar-refractivity contribution in [3.63, 3.8) is 0 Å². The van der Waals surface area contributed by atoms with Crippen LogP contribution in [-0.4, -0.2) is 12.5 Å². The number of hydrogen-bond donors (Lipinski definition) is 1. The molecule has 1 aromatic rings. The smallest absolute Gasteiger partial charge is 0.220 e. The quantitative estimate of drug-likeness (QED) is 0.589. The summed E-state index contributed by atoms with van der Waals surface area (Å²) in [5.74, 6) is 2.65. The van der Waals surface area contributed by atoms with Crippen LogP contribution >= 0.6 is 0 Å². The minimum atomic E-state index is 0.100. The van der Waals surface area contributed by atoms with Gasteiger partial charge in [0.15, 0.2) is 0 Å². The highest BCUT2D eigenvalue weighted by Gasteiger charge is 2.01. The third-order valence-electron chi connectivity index (χ3n) is 2.54. The number of terminal acetylenes is 1. The topological polar surface area (TPSA) is 29.1 Å². The fraction of sp³-hybridized carbons (Fsp3) is 0.400. The molecule has 1 amide bonds. The predicted molar refractivity (Wildman–Crippen MR) is 70.6 cm³/mol. The summed E-state index contributed by atoms with van der Waals surface area (Å²) < 4.78 is 0. The number of aryl methyl sites for hydroxylation is 2. The average Bonchev–Trinajstić information content (AvgIpc) is 2.32. The van der Waals surface area contributed by atoms with Crippen LogP contribution in [0, 0.1) is 19.3 Å². The van der Waals surface area contributed by atoms with E-state index in [9.17, 15) is 4.79 Å². The van der Waals surface area contributed by atoms with Crippen molar-refractivity contribution in [1.82, 2.24) is 5.32 Å². The standard InChI is InChI=1S/C15H19NO/c1-3-4-5-11-16-15(17)10-9-14-8-6-7-13(2)12-14/h1,6-8,12H,4-5,9-11H2,2H3,(H,16,17). The highest BCUT2D eigenvalue weighted by molar-refractivity contribution is 5.76. The van der Waals surface area contributed by atoms with Gasteiger partial charge in [0.1, 0.15) is 0 Å². The summed E-state index contributed by atoms with van der Waals surface area (Å²) in [5, 5.41) is 2.87. The van der Waals surface area contributed by atoms with Crippen molar-refractivity contribution < 1.29 is 4.79 Å². The van der Waals surface area contributed by atoms with Crippen LogP contribution in [0.25, 0.3) is 0 Å². The number of unbranched alkanes of at least 4 members (excludes halogenated alkanes) is 1. The lowest BCUT2D eigenvalue weighted by molar-refractivity contribution is -0.121. The molecule has 0 atom stereocenters. The molecule has 0 unspecified atom stereocenters. The van der Waals surface area contributed by atoms with Crippen molar-refractivity contribution in [1.29, 1.82) is 0 Å². The van der Waals surface area contributed by atoms with Gasteiger partial charge in [-0.05, 0) is 25.3 Å². The molecule has 2 heteroatoms. The predicted octanol–water partition coefficient (Wildman–Crippen LogP) is 2.46. The number of carbonyl (C=O) groups excluding carboxylic acids is 1. The second-order valence-corrected chi connectivity index (χ2v) is 4.15. The maximum atomic E-state index is 11.5. The second kappa shape index (κ2) is 7.51.